The minimum atomic E-state index is -1.79. The lowest BCUT2D eigenvalue weighted by atomic mass is 10.0. The summed E-state index contributed by atoms with van der Waals surface area (Å²) in [5, 5.41) is 1.65. The molecule has 3 rings (SSSR count). The molecule has 0 aliphatic heterocycles. The van der Waals surface area contributed by atoms with Gasteiger partial charge < -0.3 is 4.43 Å². The smallest absolute Gasteiger partial charge is 0.191 e. The van der Waals surface area contributed by atoms with Crippen molar-refractivity contribution in [1.29, 1.82) is 0 Å². The van der Waals surface area contributed by atoms with Crippen LogP contribution in [0.3, 0.4) is 0 Å². The molecule has 32 heavy (non-hydrogen) atoms. The molecule has 3 aromatic heterocycles. The number of hydrogen-bond donors (Lipinski definition) is 0. The van der Waals surface area contributed by atoms with Gasteiger partial charge in [0, 0.05) is 23.8 Å². The molecule has 172 valence electrons. The summed E-state index contributed by atoms with van der Waals surface area (Å²) >= 11 is 12.5. The van der Waals surface area contributed by atoms with Crippen LogP contribution in [0, 0.1) is 0 Å². The SMILES string of the molecule is CC(C)c1ncccc1-c1nc(CCCO[Si](C)(C)C(C)(C)C)c2cc(Cl)c(Cl)nc2n1. The summed E-state index contributed by atoms with van der Waals surface area (Å²) < 4.78 is 6.36. The number of halogens is 2. The molecule has 0 saturated heterocycles. The largest absolute Gasteiger partial charge is 0.417 e. The maximum atomic E-state index is 6.36. The molecule has 0 amide bonds. The van der Waals surface area contributed by atoms with Gasteiger partial charge >= 0.3 is 0 Å². The normalized spacial score (nSPS) is 12.7. The standard InChI is InChI=1S/C24H32Cl2N4OSi/c1-15(2)20-16(10-8-12-27-20)22-28-19(11-9-13-31-32(6,7)24(3,4)5)17-14-18(25)21(26)29-23(17)30-22/h8,10,12,14-15H,9,11,13H2,1-7H3. The van der Waals surface area contributed by atoms with Crippen molar-refractivity contribution >= 4 is 42.6 Å². The Hall–Kier alpha value is -1.60. The van der Waals surface area contributed by atoms with Crippen molar-refractivity contribution in [1.82, 2.24) is 19.9 Å². The van der Waals surface area contributed by atoms with Crippen LogP contribution in [-0.2, 0) is 10.8 Å². The topological polar surface area (TPSA) is 60.8 Å². The van der Waals surface area contributed by atoms with Crippen LogP contribution in [0.4, 0.5) is 0 Å². The Morgan fingerprint density at radius 3 is 2.47 bits per heavy atom. The summed E-state index contributed by atoms with van der Waals surface area (Å²) in [7, 11) is -1.79. The fourth-order valence-electron chi connectivity index (χ4n) is 3.23. The van der Waals surface area contributed by atoms with Crippen LogP contribution in [0.15, 0.2) is 24.4 Å². The molecule has 8 heteroatoms. The second-order valence-corrected chi connectivity index (χ2v) is 15.5. The number of hydrogen-bond acceptors (Lipinski definition) is 5. The average Bonchev–Trinajstić information content (AvgIpc) is 2.71. The van der Waals surface area contributed by atoms with Gasteiger partial charge in [0.2, 0.25) is 0 Å². The molecule has 0 aliphatic rings. The minimum absolute atomic E-state index is 0.184. The van der Waals surface area contributed by atoms with Gasteiger partial charge in [-0.2, -0.15) is 0 Å². The van der Waals surface area contributed by atoms with E-state index in [1.54, 1.807) is 6.20 Å². The van der Waals surface area contributed by atoms with Gasteiger partial charge in [0.05, 0.1) is 16.4 Å². The maximum absolute atomic E-state index is 6.36. The van der Waals surface area contributed by atoms with E-state index in [0.717, 1.165) is 35.2 Å². The van der Waals surface area contributed by atoms with E-state index in [1.165, 1.54) is 0 Å². The first-order valence-electron chi connectivity index (χ1n) is 11.0. The Labute approximate surface area is 202 Å². The molecular formula is C24H32Cl2N4OSi. The van der Waals surface area contributed by atoms with E-state index >= 15 is 0 Å². The second kappa shape index (κ2) is 9.72. The first-order chi connectivity index (χ1) is 14.9. The second-order valence-electron chi connectivity index (χ2n) is 9.93. The Balaban J connectivity index is 1.97. The molecule has 0 radical (unpaired) electrons. The zero-order valence-electron chi connectivity index (χ0n) is 20.0. The van der Waals surface area contributed by atoms with E-state index in [9.17, 15) is 0 Å². The summed E-state index contributed by atoms with van der Waals surface area (Å²) in [6.45, 7) is 16.2. The van der Waals surface area contributed by atoms with Gasteiger partial charge in [-0.25, -0.2) is 15.0 Å². The maximum Gasteiger partial charge on any atom is 0.191 e. The van der Waals surface area contributed by atoms with E-state index in [4.69, 9.17) is 37.6 Å². The number of aromatic nitrogens is 4. The quantitative estimate of drug-likeness (QED) is 0.195. The van der Waals surface area contributed by atoms with E-state index in [2.05, 4.69) is 57.7 Å². The average molecular weight is 492 g/mol. The van der Waals surface area contributed by atoms with Gasteiger partial charge in [-0.1, -0.05) is 57.8 Å². The Morgan fingerprint density at radius 2 is 1.81 bits per heavy atom. The van der Waals surface area contributed by atoms with Gasteiger partial charge in [-0.05, 0) is 55.1 Å². The van der Waals surface area contributed by atoms with Crippen LogP contribution in [0.25, 0.3) is 22.4 Å². The van der Waals surface area contributed by atoms with Crippen molar-refractivity contribution in [3.8, 4) is 11.4 Å². The van der Waals surface area contributed by atoms with Gasteiger partial charge in [0.1, 0.15) is 5.15 Å². The molecule has 3 aromatic rings. The Bertz CT molecular complexity index is 1110. The van der Waals surface area contributed by atoms with Gasteiger partial charge in [-0.15, -0.1) is 0 Å². The molecule has 0 aromatic carbocycles. The number of pyridine rings is 2. The molecule has 0 saturated carbocycles. The van der Waals surface area contributed by atoms with Crippen LogP contribution in [0.2, 0.25) is 28.3 Å². The predicted molar refractivity (Wildman–Crippen MR) is 136 cm³/mol. The van der Waals surface area contributed by atoms with Gasteiger partial charge in [-0.3, -0.25) is 4.98 Å². The lowest BCUT2D eigenvalue weighted by molar-refractivity contribution is 0.282. The first kappa shape index (κ1) is 25.0. The van der Waals surface area contributed by atoms with Crippen LogP contribution in [0.1, 0.15) is 58.3 Å². The summed E-state index contributed by atoms with van der Waals surface area (Å²) in [4.78, 5) is 18.6. The molecule has 0 bridgehead atoms. The highest BCUT2D eigenvalue weighted by Crippen LogP contribution is 2.36. The highest BCUT2D eigenvalue weighted by Gasteiger charge is 2.36. The summed E-state index contributed by atoms with van der Waals surface area (Å²) in [5.74, 6) is 0.856. The highest BCUT2D eigenvalue weighted by molar-refractivity contribution is 6.74. The van der Waals surface area contributed by atoms with Crippen molar-refractivity contribution in [2.24, 2.45) is 0 Å². The molecule has 0 aliphatic carbocycles. The van der Waals surface area contributed by atoms with Gasteiger partial charge in [0.15, 0.2) is 19.8 Å². The zero-order chi connectivity index (χ0) is 23.7. The molecule has 0 N–H and O–H groups in total. The monoisotopic (exact) mass is 490 g/mol. The van der Waals surface area contributed by atoms with Crippen molar-refractivity contribution in [3.63, 3.8) is 0 Å². The van der Waals surface area contributed by atoms with Crippen LogP contribution in [0.5, 0.6) is 0 Å². The van der Waals surface area contributed by atoms with E-state index in [-0.39, 0.29) is 16.1 Å². The fraction of sp³-hybridized carbons (Fsp3) is 0.500. The lowest BCUT2D eigenvalue weighted by Crippen LogP contribution is -2.41. The third kappa shape index (κ3) is 5.47. The number of rotatable bonds is 7. The Morgan fingerprint density at radius 1 is 1.09 bits per heavy atom. The molecule has 0 unspecified atom stereocenters. The molecule has 0 atom stereocenters. The summed E-state index contributed by atoms with van der Waals surface area (Å²) in [6.07, 6.45) is 3.38. The third-order valence-electron chi connectivity index (χ3n) is 6.13. The molecule has 0 spiro atoms. The fourth-order valence-corrected chi connectivity index (χ4v) is 4.60. The van der Waals surface area contributed by atoms with E-state index in [1.807, 2.05) is 18.2 Å². The molecule has 3 heterocycles. The van der Waals surface area contributed by atoms with Crippen molar-refractivity contribution in [3.05, 3.63) is 46.0 Å². The van der Waals surface area contributed by atoms with Gasteiger partial charge in [0.25, 0.3) is 0 Å². The molecular weight excluding hydrogens is 459 g/mol. The highest BCUT2D eigenvalue weighted by atomic mass is 35.5. The number of nitrogens with zero attached hydrogens (tertiary/aromatic N) is 4. The molecule has 5 nitrogen and oxygen atoms in total. The van der Waals surface area contributed by atoms with Crippen molar-refractivity contribution < 1.29 is 4.43 Å². The van der Waals surface area contributed by atoms with Crippen molar-refractivity contribution in [2.45, 2.75) is 71.5 Å². The Kier molecular flexibility index (Phi) is 7.60. The molecule has 0 fully saturated rings. The zero-order valence-corrected chi connectivity index (χ0v) is 22.5. The summed E-state index contributed by atoms with van der Waals surface area (Å²) in [6, 6.07) is 5.72. The van der Waals surface area contributed by atoms with Crippen LogP contribution < -0.4 is 0 Å². The number of aryl methyl sites for hydroxylation is 1. The van der Waals surface area contributed by atoms with E-state index in [0.29, 0.717) is 23.1 Å². The summed E-state index contributed by atoms with van der Waals surface area (Å²) in [5.41, 5.74) is 3.31. The van der Waals surface area contributed by atoms with E-state index < -0.39 is 8.32 Å². The van der Waals surface area contributed by atoms with Crippen molar-refractivity contribution in [2.75, 3.05) is 6.61 Å². The minimum Gasteiger partial charge on any atom is -0.417 e. The van der Waals surface area contributed by atoms with Crippen LogP contribution in [-0.4, -0.2) is 34.9 Å². The number of fused-ring (bicyclic) bond motifs is 1. The predicted octanol–water partition coefficient (Wildman–Crippen LogP) is 7.47. The lowest BCUT2D eigenvalue weighted by Gasteiger charge is -2.36. The van der Waals surface area contributed by atoms with Crippen LogP contribution >= 0.6 is 23.2 Å². The third-order valence-corrected chi connectivity index (χ3v) is 11.3. The first-order valence-corrected chi connectivity index (χ1v) is 14.7.